The normalized spacial score (nSPS) is 14.2. The average Bonchev–Trinajstić information content (AvgIpc) is 3.16. The fourth-order valence-electron chi connectivity index (χ4n) is 3.64. The molecule has 156 valence electrons. The lowest BCUT2D eigenvalue weighted by atomic mass is 10.2. The molecular formula is C23H25N3O4. The molecule has 3 aromatic rings. The molecule has 2 aromatic carbocycles. The number of nitrogens with zero attached hydrogens (tertiary/aromatic N) is 2. The monoisotopic (exact) mass is 407 g/mol. The first-order valence-electron chi connectivity index (χ1n) is 10.2. The van der Waals surface area contributed by atoms with Gasteiger partial charge in [-0.3, -0.25) is 9.59 Å². The molecule has 4 rings (SSSR count). The van der Waals surface area contributed by atoms with Gasteiger partial charge in [-0.25, -0.2) is 0 Å². The Kier molecular flexibility index (Phi) is 5.99. The van der Waals surface area contributed by atoms with Crippen LogP contribution >= 0.6 is 0 Å². The van der Waals surface area contributed by atoms with Crippen LogP contribution in [0, 0.1) is 0 Å². The van der Waals surface area contributed by atoms with Gasteiger partial charge in [0.05, 0.1) is 0 Å². The number of fused-ring (bicyclic) bond motifs is 1. The Balaban J connectivity index is 1.53. The zero-order chi connectivity index (χ0) is 20.9. The van der Waals surface area contributed by atoms with E-state index < -0.39 is 0 Å². The number of carbonyl (C=O) groups excluding carboxylic acids is 2. The lowest BCUT2D eigenvalue weighted by Crippen LogP contribution is -2.48. The highest BCUT2D eigenvalue weighted by Gasteiger charge is 2.29. The molecule has 1 aromatic heterocycles. The number of benzene rings is 2. The van der Waals surface area contributed by atoms with Crippen LogP contribution in [0.25, 0.3) is 11.0 Å². The van der Waals surface area contributed by atoms with Gasteiger partial charge < -0.3 is 24.3 Å². The lowest BCUT2D eigenvalue weighted by Gasteiger charge is -2.35. The molecule has 1 aliphatic rings. The average molecular weight is 407 g/mol. The molecule has 0 saturated carbocycles. The minimum atomic E-state index is -0.314. The zero-order valence-corrected chi connectivity index (χ0v) is 17.0. The van der Waals surface area contributed by atoms with E-state index in [1.165, 1.54) is 0 Å². The molecule has 0 spiro atoms. The summed E-state index contributed by atoms with van der Waals surface area (Å²) in [6.07, 6.45) is 0. The van der Waals surface area contributed by atoms with E-state index in [0.717, 1.165) is 18.8 Å². The third-order valence-electron chi connectivity index (χ3n) is 5.18. The van der Waals surface area contributed by atoms with Crippen LogP contribution in [-0.4, -0.2) is 56.1 Å². The van der Waals surface area contributed by atoms with Gasteiger partial charge in [-0.15, -0.1) is 0 Å². The highest BCUT2D eigenvalue weighted by Crippen LogP contribution is 2.32. The van der Waals surface area contributed by atoms with Crippen molar-refractivity contribution in [2.45, 2.75) is 6.92 Å². The molecule has 0 aliphatic carbocycles. The molecule has 7 heteroatoms. The fraction of sp³-hybridized carbons (Fsp3) is 0.304. The van der Waals surface area contributed by atoms with Crippen molar-refractivity contribution in [3.05, 3.63) is 60.4 Å². The number of furan rings is 1. The number of piperazine rings is 1. The number of carbonyl (C=O) groups is 2. The molecule has 1 saturated heterocycles. The highest BCUT2D eigenvalue weighted by atomic mass is 16.5. The van der Waals surface area contributed by atoms with Crippen LogP contribution in [0.3, 0.4) is 0 Å². The predicted molar refractivity (Wildman–Crippen MR) is 116 cm³/mol. The standard InChI is InChI=1S/C23H25N3O4/c1-2-29-16-20(27)24-21-18-10-6-7-11-19(18)30-22(21)23(28)26-14-12-25(13-15-26)17-8-4-3-5-9-17/h3-11H,2,12-16H2,1H3,(H,24,27). The summed E-state index contributed by atoms with van der Waals surface area (Å²) >= 11 is 0. The van der Waals surface area contributed by atoms with Gasteiger partial charge in [-0.05, 0) is 31.2 Å². The Morgan fingerprint density at radius 3 is 2.43 bits per heavy atom. The van der Waals surface area contributed by atoms with Crippen molar-refractivity contribution in [3.8, 4) is 0 Å². The number of rotatable bonds is 6. The Morgan fingerprint density at radius 2 is 1.70 bits per heavy atom. The van der Waals surface area contributed by atoms with E-state index in [1.807, 2.05) is 43.3 Å². The summed E-state index contributed by atoms with van der Waals surface area (Å²) in [4.78, 5) is 29.5. The maximum atomic E-state index is 13.3. The van der Waals surface area contributed by atoms with E-state index >= 15 is 0 Å². The molecule has 1 N–H and O–H groups in total. The van der Waals surface area contributed by atoms with Crippen molar-refractivity contribution in [3.63, 3.8) is 0 Å². The molecule has 1 aliphatic heterocycles. The number of hydrogen-bond donors (Lipinski definition) is 1. The summed E-state index contributed by atoms with van der Waals surface area (Å²) in [6, 6.07) is 17.5. The van der Waals surface area contributed by atoms with Gasteiger partial charge in [-0.1, -0.05) is 30.3 Å². The second kappa shape index (κ2) is 9.00. The van der Waals surface area contributed by atoms with Crippen LogP contribution in [0.4, 0.5) is 11.4 Å². The molecule has 0 radical (unpaired) electrons. The van der Waals surface area contributed by atoms with Crippen molar-refractivity contribution >= 4 is 34.2 Å². The van der Waals surface area contributed by atoms with Gasteiger partial charge in [-0.2, -0.15) is 0 Å². The number of para-hydroxylation sites is 2. The van der Waals surface area contributed by atoms with Crippen LogP contribution < -0.4 is 10.2 Å². The summed E-state index contributed by atoms with van der Waals surface area (Å²) in [5.74, 6) is -0.369. The summed E-state index contributed by atoms with van der Waals surface area (Å²) in [7, 11) is 0. The van der Waals surface area contributed by atoms with Crippen LogP contribution in [0.5, 0.6) is 0 Å². The molecule has 0 atom stereocenters. The summed E-state index contributed by atoms with van der Waals surface area (Å²) < 4.78 is 11.1. The van der Waals surface area contributed by atoms with E-state index in [-0.39, 0.29) is 24.2 Å². The molecule has 7 nitrogen and oxygen atoms in total. The quantitative estimate of drug-likeness (QED) is 0.678. The van der Waals surface area contributed by atoms with Crippen LogP contribution in [0.1, 0.15) is 17.5 Å². The van der Waals surface area contributed by atoms with Crippen LogP contribution in [0.2, 0.25) is 0 Å². The second-order valence-electron chi connectivity index (χ2n) is 7.10. The third kappa shape index (κ3) is 4.16. The molecular weight excluding hydrogens is 382 g/mol. The second-order valence-corrected chi connectivity index (χ2v) is 7.10. The Labute approximate surface area is 175 Å². The zero-order valence-electron chi connectivity index (χ0n) is 17.0. The highest BCUT2D eigenvalue weighted by molar-refractivity contribution is 6.11. The first kappa shape index (κ1) is 20.0. The van der Waals surface area contributed by atoms with Gasteiger partial charge in [0.15, 0.2) is 0 Å². The molecule has 0 bridgehead atoms. The van der Waals surface area contributed by atoms with Gasteiger partial charge in [0, 0.05) is 43.9 Å². The molecule has 2 amide bonds. The first-order chi connectivity index (χ1) is 14.7. The van der Waals surface area contributed by atoms with E-state index in [1.54, 1.807) is 11.0 Å². The number of hydrogen-bond acceptors (Lipinski definition) is 5. The minimum Gasteiger partial charge on any atom is -0.449 e. The van der Waals surface area contributed by atoms with Gasteiger partial charge in [0.1, 0.15) is 17.9 Å². The minimum absolute atomic E-state index is 0.0701. The van der Waals surface area contributed by atoms with Gasteiger partial charge >= 0.3 is 0 Å². The number of nitrogens with one attached hydrogen (secondary N) is 1. The van der Waals surface area contributed by atoms with Crippen LogP contribution in [0.15, 0.2) is 59.0 Å². The first-order valence-corrected chi connectivity index (χ1v) is 10.2. The molecule has 1 fully saturated rings. The van der Waals surface area contributed by atoms with Crippen molar-refractivity contribution in [1.29, 1.82) is 0 Å². The predicted octanol–water partition coefficient (Wildman–Crippen LogP) is 3.37. The summed E-state index contributed by atoms with van der Waals surface area (Å²) in [6.45, 7) is 4.83. The van der Waals surface area contributed by atoms with Crippen molar-refractivity contribution in [2.24, 2.45) is 0 Å². The molecule has 2 heterocycles. The lowest BCUT2D eigenvalue weighted by molar-refractivity contribution is -0.120. The summed E-state index contributed by atoms with van der Waals surface area (Å²) in [5, 5.41) is 3.51. The summed E-state index contributed by atoms with van der Waals surface area (Å²) in [5.41, 5.74) is 2.12. The Hall–Kier alpha value is -3.32. The van der Waals surface area contributed by atoms with Gasteiger partial charge in [0.2, 0.25) is 11.7 Å². The maximum Gasteiger partial charge on any atom is 0.291 e. The van der Waals surface area contributed by atoms with E-state index in [4.69, 9.17) is 9.15 Å². The van der Waals surface area contributed by atoms with Gasteiger partial charge in [0.25, 0.3) is 5.91 Å². The van der Waals surface area contributed by atoms with E-state index in [9.17, 15) is 9.59 Å². The fourth-order valence-corrected chi connectivity index (χ4v) is 3.64. The number of anilines is 2. The van der Waals surface area contributed by atoms with Crippen molar-refractivity contribution < 1.29 is 18.7 Å². The topological polar surface area (TPSA) is 75.0 Å². The maximum absolute atomic E-state index is 13.3. The largest absolute Gasteiger partial charge is 0.449 e. The van der Waals surface area contributed by atoms with E-state index in [2.05, 4.69) is 22.3 Å². The smallest absolute Gasteiger partial charge is 0.291 e. The van der Waals surface area contributed by atoms with Crippen LogP contribution in [-0.2, 0) is 9.53 Å². The van der Waals surface area contributed by atoms with E-state index in [0.29, 0.717) is 36.4 Å². The Bertz CT molecular complexity index is 1020. The molecule has 30 heavy (non-hydrogen) atoms. The number of ether oxygens (including phenoxy) is 1. The number of amides is 2. The van der Waals surface area contributed by atoms with Crippen molar-refractivity contribution in [1.82, 2.24) is 4.90 Å². The van der Waals surface area contributed by atoms with Crippen molar-refractivity contribution in [2.75, 3.05) is 49.6 Å². The SMILES string of the molecule is CCOCC(=O)Nc1c(C(=O)N2CCN(c3ccccc3)CC2)oc2ccccc12. The Morgan fingerprint density at radius 1 is 1.00 bits per heavy atom. The third-order valence-corrected chi connectivity index (χ3v) is 5.18. The molecule has 0 unspecified atom stereocenters.